The summed E-state index contributed by atoms with van der Waals surface area (Å²) in [6.45, 7) is 4.16. The van der Waals surface area contributed by atoms with Crippen LogP contribution >= 0.6 is 0 Å². The SMILES string of the molecule is Cc1cnc(NCCC(C)C(=O)O)nc1. The maximum atomic E-state index is 10.5. The molecular weight excluding hydrogens is 194 g/mol. The van der Waals surface area contributed by atoms with Gasteiger partial charge in [0.05, 0.1) is 5.92 Å². The predicted molar refractivity (Wildman–Crippen MR) is 56.7 cm³/mol. The number of aromatic nitrogens is 2. The Kier molecular flexibility index (Phi) is 4.03. The minimum atomic E-state index is -0.776. The Morgan fingerprint density at radius 2 is 2.13 bits per heavy atom. The van der Waals surface area contributed by atoms with Gasteiger partial charge in [0.15, 0.2) is 0 Å². The molecule has 1 aromatic heterocycles. The van der Waals surface area contributed by atoms with Gasteiger partial charge in [-0.25, -0.2) is 9.97 Å². The van der Waals surface area contributed by atoms with Crippen LogP contribution < -0.4 is 5.32 Å². The van der Waals surface area contributed by atoms with E-state index in [1.165, 1.54) is 0 Å². The van der Waals surface area contributed by atoms with Crippen LogP contribution in [0.1, 0.15) is 18.9 Å². The van der Waals surface area contributed by atoms with Gasteiger partial charge in [0.2, 0.25) is 5.95 Å². The fourth-order valence-electron chi connectivity index (χ4n) is 1.01. The molecule has 0 fully saturated rings. The molecule has 0 aromatic carbocycles. The van der Waals surface area contributed by atoms with Crippen molar-refractivity contribution in [2.45, 2.75) is 20.3 Å². The third-order valence-corrected chi connectivity index (χ3v) is 2.06. The van der Waals surface area contributed by atoms with Gasteiger partial charge in [0.25, 0.3) is 0 Å². The van der Waals surface area contributed by atoms with Crippen LogP contribution in [0.25, 0.3) is 0 Å². The summed E-state index contributed by atoms with van der Waals surface area (Å²) in [4.78, 5) is 18.6. The van der Waals surface area contributed by atoms with E-state index in [-0.39, 0.29) is 5.92 Å². The highest BCUT2D eigenvalue weighted by Crippen LogP contribution is 2.03. The van der Waals surface area contributed by atoms with Crippen LogP contribution in [0.5, 0.6) is 0 Å². The summed E-state index contributed by atoms with van der Waals surface area (Å²) in [5, 5.41) is 11.6. The molecule has 0 spiro atoms. The van der Waals surface area contributed by atoms with Crippen LogP contribution in [0.2, 0.25) is 0 Å². The number of hydrogen-bond donors (Lipinski definition) is 2. The van der Waals surface area contributed by atoms with E-state index in [0.717, 1.165) is 5.56 Å². The summed E-state index contributed by atoms with van der Waals surface area (Å²) >= 11 is 0. The summed E-state index contributed by atoms with van der Waals surface area (Å²) in [5.74, 6) is -0.581. The number of aryl methyl sites for hydroxylation is 1. The van der Waals surface area contributed by atoms with E-state index < -0.39 is 5.97 Å². The highest BCUT2D eigenvalue weighted by Gasteiger charge is 2.09. The van der Waals surface area contributed by atoms with Crippen molar-refractivity contribution in [3.8, 4) is 0 Å². The molecule has 0 bridgehead atoms. The van der Waals surface area contributed by atoms with Gasteiger partial charge in [-0.1, -0.05) is 6.92 Å². The molecule has 0 amide bonds. The van der Waals surface area contributed by atoms with Crippen molar-refractivity contribution in [1.82, 2.24) is 9.97 Å². The molecule has 15 heavy (non-hydrogen) atoms. The smallest absolute Gasteiger partial charge is 0.306 e. The largest absolute Gasteiger partial charge is 0.481 e. The molecule has 0 saturated heterocycles. The summed E-state index contributed by atoms with van der Waals surface area (Å²) in [6.07, 6.45) is 4.00. The van der Waals surface area contributed by atoms with Gasteiger partial charge in [-0.2, -0.15) is 0 Å². The minimum Gasteiger partial charge on any atom is -0.481 e. The van der Waals surface area contributed by atoms with E-state index in [1.807, 2.05) is 6.92 Å². The third-order valence-electron chi connectivity index (χ3n) is 2.06. The number of aliphatic carboxylic acids is 1. The monoisotopic (exact) mass is 209 g/mol. The summed E-state index contributed by atoms with van der Waals surface area (Å²) in [7, 11) is 0. The average Bonchev–Trinajstić information content (AvgIpc) is 2.20. The first-order valence-corrected chi connectivity index (χ1v) is 4.85. The molecule has 82 valence electrons. The summed E-state index contributed by atoms with van der Waals surface area (Å²) in [6, 6.07) is 0. The maximum absolute atomic E-state index is 10.5. The number of carboxylic acids is 1. The number of hydrogen-bond acceptors (Lipinski definition) is 4. The van der Waals surface area contributed by atoms with Crippen molar-refractivity contribution in [3.05, 3.63) is 18.0 Å². The van der Waals surface area contributed by atoms with Crippen LogP contribution in [0, 0.1) is 12.8 Å². The standard InChI is InChI=1S/C10H15N3O2/c1-7-5-12-10(13-6-7)11-4-3-8(2)9(14)15/h5-6,8H,3-4H2,1-2H3,(H,14,15)(H,11,12,13). The van der Waals surface area contributed by atoms with Crippen molar-refractivity contribution in [2.75, 3.05) is 11.9 Å². The molecule has 0 aliphatic heterocycles. The second-order valence-electron chi connectivity index (χ2n) is 3.54. The number of carboxylic acid groups (broad SMARTS) is 1. The Morgan fingerprint density at radius 1 is 1.53 bits per heavy atom. The number of nitrogens with zero attached hydrogens (tertiary/aromatic N) is 2. The zero-order valence-electron chi connectivity index (χ0n) is 8.90. The first kappa shape index (κ1) is 11.4. The molecular formula is C10H15N3O2. The van der Waals surface area contributed by atoms with Gasteiger partial charge in [0, 0.05) is 18.9 Å². The van der Waals surface area contributed by atoms with Crippen molar-refractivity contribution in [1.29, 1.82) is 0 Å². The van der Waals surface area contributed by atoms with Gasteiger partial charge in [-0.15, -0.1) is 0 Å². The topological polar surface area (TPSA) is 75.1 Å². The zero-order chi connectivity index (χ0) is 11.3. The summed E-state index contributed by atoms with van der Waals surface area (Å²) in [5.41, 5.74) is 0.999. The number of nitrogens with one attached hydrogen (secondary N) is 1. The van der Waals surface area contributed by atoms with Crippen LogP contribution in [0.15, 0.2) is 12.4 Å². The molecule has 5 nitrogen and oxygen atoms in total. The van der Waals surface area contributed by atoms with Gasteiger partial charge < -0.3 is 10.4 Å². The van der Waals surface area contributed by atoms with Crippen LogP contribution in [0.4, 0.5) is 5.95 Å². The lowest BCUT2D eigenvalue weighted by Crippen LogP contribution is -2.15. The Balaban J connectivity index is 2.32. The fraction of sp³-hybridized carbons (Fsp3) is 0.500. The second kappa shape index (κ2) is 5.29. The zero-order valence-corrected chi connectivity index (χ0v) is 8.90. The Bertz CT molecular complexity index is 324. The van der Waals surface area contributed by atoms with Crippen molar-refractivity contribution >= 4 is 11.9 Å². The van der Waals surface area contributed by atoms with E-state index in [2.05, 4.69) is 15.3 Å². The van der Waals surface area contributed by atoms with Crippen molar-refractivity contribution < 1.29 is 9.90 Å². The molecule has 1 unspecified atom stereocenters. The molecule has 5 heteroatoms. The minimum absolute atomic E-state index is 0.344. The van der Waals surface area contributed by atoms with Crippen LogP contribution in [-0.4, -0.2) is 27.6 Å². The van der Waals surface area contributed by atoms with Crippen molar-refractivity contribution in [3.63, 3.8) is 0 Å². The highest BCUT2D eigenvalue weighted by molar-refractivity contribution is 5.69. The lowest BCUT2D eigenvalue weighted by atomic mass is 10.1. The van der Waals surface area contributed by atoms with E-state index in [4.69, 9.17) is 5.11 Å². The summed E-state index contributed by atoms with van der Waals surface area (Å²) < 4.78 is 0. The molecule has 0 saturated carbocycles. The predicted octanol–water partition coefficient (Wildman–Crippen LogP) is 1.31. The molecule has 1 atom stereocenters. The van der Waals surface area contributed by atoms with E-state index in [9.17, 15) is 4.79 Å². The first-order valence-electron chi connectivity index (χ1n) is 4.85. The molecule has 0 aliphatic rings. The number of anilines is 1. The number of rotatable bonds is 5. The Labute approximate surface area is 88.6 Å². The van der Waals surface area contributed by atoms with Gasteiger partial charge >= 0.3 is 5.97 Å². The fourth-order valence-corrected chi connectivity index (χ4v) is 1.01. The maximum Gasteiger partial charge on any atom is 0.306 e. The lowest BCUT2D eigenvalue weighted by Gasteiger charge is -2.07. The van der Waals surface area contributed by atoms with Crippen LogP contribution in [-0.2, 0) is 4.79 Å². The highest BCUT2D eigenvalue weighted by atomic mass is 16.4. The van der Waals surface area contributed by atoms with E-state index in [0.29, 0.717) is 18.9 Å². The molecule has 1 heterocycles. The normalized spacial score (nSPS) is 12.1. The van der Waals surface area contributed by atoms with Crippen molar-refractivity contribution in [2.24, 2.45) is 5.92 Å². The van der Waals surface area contributed by atoms with E-state index >= 15 is 0 Å². The van der Waals surface area contributed by atoms with Gasteiger partial charge in [-0.05, 0) is 18.9 Å². The van der Waals surface area contributed by atoms with E-state index in [1.54, 1.807) is 19.3 Å². The third kappa shape index (κ3) is 3.93. The lowest BCUT2D eigenvalue weighted by molar-refractivity contribution is -0.141. The van der Waals surface area contributed by atoms with Gasteiger partial charge in [-0.3, -0.25) is 4.79 Å². The first-order chi connectivity index (χ1) is 7.09. The molecule has 1 aromatic rings. The molecule has 1 rings (SSSR count). The molecule has 0 aliphatic carbocycles. The molecule has 0 radical (unpaired) electrons. The Hall–Kier alpha value is -1.65. The quantitative estimate of drug-likeness (QED) is 0.764. The average molecular weight is 209 g/mol. The Morgan fingerprint density at radius 3 is 2.67 bits per heavy atom. The molecule has 2 N–H and O–H groups in total. The van der Waals surface area contributed by atoms with Crippen LogP contribution in [0.3, 0.4) is 0 Å². The second-order valence-corrected chi connectivity index (χ2v) is 3.54. The van der Waals surface area contributed by atoms with Gasteiger partial charge in [0.1, 0.15) is 0 Å². The number of carbonyl (C=O) groups is 1.